The van der Waals surface area contributed by atoms with E-state index in [0.717, 1.165) is 25.1 Å². The number of para-hydroxylation sites is 1. The molecule has 1 heterocycles. The number of nitrogens with one attached hydrogen (secondary N) is 1. The summed E-state index contributed by atoms with van der Waals surface area (Å²) in [7, 11) is 0. The molecule has 1 aromatic carbocycles. The average molecular weight is 404 g/mol. The van der Waals surface area contributed by atoms with Gasteiger partial charge in [-0.15, -0.1) is 0 Å². The number of hydrogen-bond acceptors (Lipinski definition) is 3. The molecule has 0 saturated carbocycles. The van der Waals surface area contributed by atoms with E-state index in [1.807, 2.05) is 31.2 Å². The van der Waals surface area contributed by atoms with Crippen LogP contribution in [0.5, 0.6) is 0 Å². The van der Waals surface area contributed by atoms with Crippen molar-refractivity contribution < 1.29 is 0 Å². The minimum atomic E-state index is 0.685. The van der Waals surface area contributed by atoms with Crippen LogP contribution < -0.4 is 11.1 Å². The van der Waals surface area contributed by atoms with Crippen molar-refractivity contribution >= 4 is 55.7 Å². The molecule has 0 aliphatic carbocycles. The summed E-state index contributed by atoms with van der Waals surface area (Å²) < 4.78 is 2.05. The predicted octanol–water partition coefficient (Wildman–Crippen LogP) is 4.08. The van der Waals surface area contributed by atoms with Crippen LogP contribution in [0.2, 0.25) is 0 Å². The van der Waals surface area contributed by atoms with E-state index >= 15 is 0 Å². The van der Waals surface area contributed by atoms with E-state index in [1.54, 1.807) is 6.20 Å². The van der Waals surface area contributed by atoms with E-state index < -0.39 is 0 Å². The molecule has 0 atom stereocenters. The van der Waals surface area contributed by atoms with Crippen molar-refractivity contribution in [3.8, 4) is 0 Å². The first-order valence-corrected chi connectivity index (χ1v) is 6.89. The van der Waals surface area contributed by atoms with Gasteiger partial charge in [0.25, 0.3) is 0 Å². The Morgan fingerprint density at radius 3 is 2.76 bits per heavy atom. The number of nitrogens with two attached hydrogens (primary N) is 1. The largest absolute Gasteiger partial charge is 0.397 e. The topological polar surface area (TPSA) is 50.9 Å². The maximum absolute atomic E-state index is 5.79. The van der Waals surface area contributed by atoms with Crippen LogP contribution in [-0.4, -0.2) is 4.98 Å². The molecule has 0 bridgehead atoms. The minimum Gasteiger partial charge on any atom is -0.397 e. The van der Waals surface area contributed by atoms with Crippen molar-refractivity contribution in [2.24, 2.45) is 0 Å². The molecule has 0 unspecified atom stereocenters. The number of nitrogens with zero attached hydrogens (tertiary/aromatic N) is 1. The van der Waals surface area contributed by atoms with Gasteiger partial charge in [-0.05, 0) is 63.1 Å². The standard InChI is InChI=1S/C12H11BrIN3/c1-7-9(15)6-16-12(11(7)13)17-10-5-3-2-4-8(10)14/h2-6H,15H2,1H3,(H,16,17). The number of nitrogen functional groups attached to an aromatic ring is 1. The Labute approximate surface area is 122 Å². The van der Waals surface area contributed by atoms with Gasteiger partial charge in [0, 0.05) is 3.57 Å². The molecule has 0 aliphatic heterocycles. The SMILES string of the molecule is Cc1c(N)cnc(Nc2ccccc2I)c1Br. The second-order valence-electron chi connectivity index (χ2n) is 3.61. The van der Waals surface area contributed by atoms with E-state index in [-0.39, 0.29) is 0 Å². The van der Waals surface area contributed by atoms with Crippen molar-refractivity contribution in [3.05, 3.63) is 44.1 Å². The summed E-state index contributed by atoms with van der Waals surface area (Å²) in [5.41, 5.74) is 8.50. The first-order chi connectivity index (χ1) is 8.09. The molecule has 5 heteroatoms. The predicted molar refractivity (Wildman–Crippen MR) is 83.5 cm³/mol. The van der Waals surface area contributed by atoms with E-state index in [2.05, 4.69) is 48.8 Å². The Kier molecular flexibility index (Phi) is 3.88. The van der Waals surface area contributed by atoms with Crippen LogP contribution in [0.3, 0.4) is 0 Å². The third-order valence-electron chi connectivity index (χ3n) is 2.43. The van der Waals surface area contributed by atoms with Gasteiger partial charge in [0.1, 0.15) is 5.82 Å². The lowest BCUT2D eigenvalue weighted by Crippen LogP contribution is -2.00. The van der Waals surface area contributed by atoms with Crippen molar-refractivity contribution in [1.29, 1.82) is 0 Å². The lowest BCUT2D eigenvalue weighted by Gasteiger charge is -2.11. The van der Waals surface area contributed by atoms with Gasteiger partial charge in [-0.25, -0.2) is 4.98 Å². The summed E-state index contributed by atoms with van der Waals surface area (Å²) in [6, 6.07) is 8.05. The molecule has 0 amide bonds. The number of benzene rings is 1. The highest BCUT2D eigenvalue weighted by Crippen LogP contribution is 2.31. The van der Waals surface area contributed by atoms with Gasteiger partial charge in [0.2, 0.25) is 0 Å². The summed E-state index contributed by atoms with van der Waals surface area (Å²) in [6.07, 6.45) is 1.66. The third kappa shape index (κ3) is 2.71. The molecule has 17 heavy (non-hydrogen) atoms. The van der Waals surface area contributed by atoms with E-state index in [9.17, 15) is 0 Å². The maximum Gasteiger partial charge on any atom is 0.145 e. The second-order valence-corrected chi connectivity index (χ2v) is 5.56. The number of hydrogen-bond donors (Lipinski definition) is 2. The van der Waals surface area contributed by atoms with Crippen molar-refractivity contribution in [3.63, 3.8) is 0 Å². The van der Waals surface area contributed by atoms with Gasteiger partial charge >= 0.3 is 0 Å². The molecule has 3 nitrogen and oxygen atoms in total. The monoisotopic (exact) mass is 403 g/mol. The zero-order valence-electron chi connectivity index (χ0n) is 9.17. The highest BCUT2D eigenvalue weighted by molar-refractivity contribution is 14.1. The lowest BCUT2D eigenvalue weighted by molar-refractivity contribution is 1.25. The highest BCUT2D eigenvalue weighted by Gasteiger charge is 2.08. The van der Waals surface area contributed by atoms with Crippen LogP contribution in [-0.2, 0) is 0 Å². The normalized spacial score (nSPS) is 10.3. The molecule has 0 radical (unpaired) electrons. The highest BCUT2D eigenvalue weighted by atomic mass is 127. The minimum absolute atomic E-state index is 0.685. The summed E-state index contributed by atoms with van der Waals surface area (Å²) in [4.78, 5) is 4.29. The molecule has 2 aromatic rings. The van der Waals surface area contributed by atoms with Gasteiger partial charge in [0.15, 0.2) is 0 Å². The summed E-state index contributed by atoms with van der Waals surface area (Å²) in [5.74, 6) is 0.779. The van der Waals surface area contributed by atoms with E-state index in [4.69, 9.17) is 5.73 Å². The Morgan fingerprint density at radius 2 is 2.06 bits per heavy atom. The van der Waals surface area contributed by atoms with Crippen LogP contribution in [0.25, 0.3) is 0 Å². The van der Waals surface area contributed by atoms with Gasteiger partial charge in [-0.2, -0.15) is 0 Å². The van der Waals surface area contributed by atoms with Gasteiger partial charge in [-0.1, -0.05) is 12.1 Å². The molecule has 0 fully saturated rings. The van der Waals surface area contributed by atoms with Gasteiger partial charge < -0.3 is 11.1 Å². The van der Waals surface area contributed by atoms with Crippen molar-refractivity contribution in [2.45, 2.75) is 6.92 Å². The number of aromatic nitrogens is 1. The lowest BCUT2D eigenvalue weighted by atomic mass is 10.2. The van der Waals surface area contributed by atoms with Crippen LogP contribution >= 0.6 is 38.5 Å². The Hall–Kier alpha value is -0.820. The summed E-state index contributed by atoms with van der Waals surface area (Å²) in [6.45, 7) is 1.96. The Morgan fingerprint density at radius 1 is 1.35 bits per heavy atom. The smallest absolute Gasteiger partial charge is 0.145 e. The molecule has 88 valence electrons. The molecule has 0 aliphatic rings. The fourth-order valence-corrected chi connectivity index (χ4v) is 2.32. The Bertz CT molecular complexity index is 557. The zero-order chi connectivity index (χ0) is 12.4. The van der Waals surface area contributed by atoms with Gasteiger partial charge in [0.05, 0.1) is 22.0 Å². The van der Waals surface area contributed by atoms with Crippen molar-refractivity contribution in [2.75, 3.05) is 11.1 Å². The van der Waals surface area contributed by atoms with Crippen LogP contribution in [0, 0.1) is 10.5 Å². The van der Waals surface area contributed by atoms with Crippen molar-refractivity contribution in [1.82, 2.24) is 4.98 Å². The van der Waals surface area contributed by atoms with E-state index in [0.29, 0.717) is 5.69 Å². The molecule has 3 N–H and O–H groups in total. The van der Waals surface area contributed by atoms with Crippen LogP contribution in [0.4, 0.5) is 17.2 Å². The number of pyridine rings is 1. The first-order valence-electron chi connectivity index (χ1n) is 5.01. The second kappa shape index (κ2) is 5.22. The molecule has 2 rings (SSSR count). The fourth-order valence-electron chi connectivity index (χ4n) is 1.37. The number of halogens is 2. The molecular weight excluding hydrogens is 393 g/mol. The quantitative estimate of drug-likeness (QED) is 0.742. The zero-order valence-corrected chi connectivity index (χ0v) is 12.9. The summed E-state index contributed by atoms with van der Waals surface area (Å²) in [5, 5.41) is 3.29. The number of rotatable bonds is 2. The van der Waals surface area contributed by atoms with E-state index in [1.165, 1.54) is 0 Å². The van der Waals surface area contributed by atoms with Gasteiger partial charge in [-0.3, -0.25) is 0 Å². The molecule has 1 aromatic heterocycles. The fraction of sp³-hybridized carbons (Fsp3) is 0.0833. The third-order valence-corrected chi connectivity index (χ3v) is 4.34. The maximum atomic E-state index is 5.79. The average Bonchev–Trinajstić information content (AvgIpc) is 2.32. The van der Waals surface area contributed by atoms with Crippen LogP contribution in [0.15, 0.2) is 34.9 Å². The van der Waals surface area contributed by atoms with Crippen LogP contribution in [0.1, 0.15) is 5.56 Å². The molecule has 0 spiro atoms. The number of anilines is 3. The Balaban J connectivity index is 2.38. The molecule has 0 saturated heterocycles. The summed E-state index contributed by atoms with van der Waals surface area (Å²) >= 11 is 5.79. The molecular formula is C12H11BrIN3. The first kappa shape index (κ1) is 12.6.